The summed E-state index contributed by atoms with van der Waals surface area (Å²) in [6.45, 7) is 2.51. The van der Waals surface area contributed by atoms with E-state index < -0.39 is 6.10 Å². The van der Waals surface area contributed by atoms with Gasteiger partial charge in [-0.15, -0.1) is 10.2 Å². The molecule has 0 radical (unpaired) electrons. The highest BCUT2D eigenvalue weighted by atomic mass is 35.5. The maximum atomic E-state index is 9.80. The Bertz CT molecular complexity index is 502. The number of benzene rings is 1. The summed E-state index contributed by atoms with van der Waals surface area (Å²) in [6.07, 6.45) is 2.45. The first-order valence-electron chi connectivity index (χ1n) is 5.54. The van der Waals surface area contributed by atoms with E-state index in [4.69, 9.17) is 16.3 Å². The molecule has 2 rings (SSSR count). The molecule has 0 saturated carbocycles. The number of aromatic nitrogens is 3. The molecule has 0 bridgehead atoms. The molecule has 0 aliphatic carbocycles. The van der Waals surface area contributed by atoms with Gasteiger partial charge in [-0.1, -0.05) is 17.7 Å². The summed E-state index contributed by atoms with van der Waals surface area (Å²) in [6, 6.07) is 5.52. The van der Waals surface area contributed by atoms with Crippen LogP contribution in [0.1, 0.15) is 5.56 Å². The van der Waals surface area contributed by atoms with Crippen molar-refractivity contribution in [2.24, 2.45) is 0 Å². The third-order valence-electron chi connectivity index (χ3n) is 2.41. The number of hydrogen-bond donors (Lipinski definition) is 1. The number of rotatable bonds is 5. The third-order valence-corrected chi connectivity index (χ3v) is 2.72. The van der Waals surface area contributed by atoms with Crippen LogP contribution in [-0.2, 0) is 6.54 Å². The second-order valence-corrected chi connectivity index (χ2v) is 4.46. The van der Waals surface area contributed by atoms with Crippen molar-refractivity contribution in [3.05, 3.63) is 41.4 Å². The third kappa shape index (κ3) is 3.45. The highest BCUT2D eigenvalue weighted by molar-refractivity contribution is 6.32. The minimum Gasteiger partial charge on any atom is -0.489 e. The summed E-state index contributed by atoms with van der Waals surface area (Å²) >= 11 is 5.99. The Labute approximate surface area is 110 Å². The topological polar surface area (TPSA) is 60.2 Å². The number of aliphatic hydroxyl groups is 1. The average Bonchev–Trinajstić information content (AvgIpc) is 2.83. The number of ether oxygens (including phenoxy) is 1. The van der Waals surface area contributed by atoms with Crippen LogP contribution >= 0.6 is 11.6 Å². The molecule has 0 amide bonds. The van der Waals surface area contributed by atoms with Crippen LogP contribution in [0.25, 0.3) is 0 Å². The summed E-state index contributed by atoms with van der Waals surface area (Å²) in [7, 11) is 0. The number of aryl methyl sites for hydroxylation is 1. The molecule has 2 aromatic rings. The molecule has 5 nitrogen and oxygen atoms in total. The molecule has 1 heterocycles. The zero-order chi connectivity index (χ0) is 13.0. The lowest BCUT2D eigenvalue weighted by atomic mass is 10.2. The van der Waals surface area contributed by atoms with Gasteiger partial charge in [0.1, 0.15) is 31.1 Å². The number of halogens is 1. The molecule has 0 aliphatic rings. The molecule has 1 N–H and O–H groups in total. The van der Waals surface area contributed by atoms with Crippen LogP contribution in [-0.4, -0.2) is 32.6 Å². The van der Waals surface area contributed by atoms with Crippen molar-refractivity contribution < 1.29 is 9.84 Å². The van der Waals surface area contributed by atoms with Gasteiger partial charge in [0.05, 0.1) is 11.6 Å². The molecule has 0 saturated heterocycles. The van der Waals surface area contributed by atoms with Crippen molar-refractivity contribution in [2.45, 2.75) is 19.6 Å². The highest BCUT2D eigenvalue weighted by Crippen LogP contribution is 2.25. The van der Waals surface area contributed by atoms with E-state index in [0.29, 0.717) is 17.3 Å². The molecule has 0 spiro atoms. The number of nitrogens with zero attached hydrogens (tertiary/aromatic N) is 3. The second kappa shape index (κ2) is 5.84. The molecular formula is C12H14ClN3O2. The second-order valence-electron chi connectivity index (χ2n) is 4.06. The fraction of sp³-hybridized carbons (Fsp3) is 0.333. The van der Waals surface area contributed by atoms with Gasteiger partial charge in [-0.05, 0) is 24.6 Å². The minimum atomic E-state index is -0.641. The van der Waals surface area contributed by atoms with Crippen LogP contribution in [0.4, 0.5) is 0 Å². The summed E-state index contributed by atoms with van der Waals surface area (Å²) < 4.78 is 7.18. The van der Waals surface area contributed by atoms with E-state index in [-0.39, 0.29) is 6.61 Å². The first-order chi connectivity index (χ1) is 8.65. The first-order valence-corrected chi connectivity index (χ1v) is 5.92. The highest BCUT2D eigenvalue weighted by Gasteiger charge is 2.08. The normalized spacial score (nSPS) is 12.4. The van der Waals surface area contributed by atoms with E-state index in [1.165, 1.54) is 0 Å². The number of aliphatic hydroxyl groups excluding tert-OH is 1. The molecular weight excluding hydrogens is 254 g/mol. The Kier molecular flexibility index (Phi) is 4.17. The fourth-order valence-corrected chi connectivity index (χ4v) is 1.69. The van der Waals surface area contributed by atoms with Crippen molar-refractivity contribution >= 4 is 11.6 Å². The maximum Gasteiger partial charge on any atom is 0.138 e. The monoisotopic (exact) mass is 267 g/mol. The average molecular weight is 268 g/mol. The van der Waals surface area contributed by atoms with E-state index in [2.05, 4.69) is 10.2 Å². The molecule has 18 heavy (non-hydrogen) atoms. The van der Waals surface area contributed by atoms with Gasteiger partial charge >= 0.3 is 0 Å². The van der Waals surface area contributed by atoms with E-state index in [1.54, 1.807) is 23.3 Å². The van der Waals surface area contributed by atoms with Crippen LogP contribution in [0.5, 0.6) is 5.75 Å². The van der Waals surface area contributed by atoms with Crippen molar-refractivity contribution in [2.75, 3.05) is 6.61 Å². The van der Waals surface area contributed by atoms with Gasteiger partial charge in [0, 0.05) is 0 Å². The Morgan fingerprint density at radius 2 is 2.11 bits per heavy atom. The summed E-state index contributed by atoms with van der Waals surface area (Å²) in [4.78, 5) is 0. The van der Waals surface area contributed by atoms with Crippen LogP contribution in [0.15, 0.2) is 30.9 Å². The van der Waals surface area contributed by atoms with Gasteiger partial charge in [0.25, 0.3) is 0 Å². The van der Waals surface area contributed by atoms with E-state index in [0.717, 1.165) is 5.56 Å². The Morgan fingerprint density at radius 1 is 1.39 bits per heavy atom. The van der Waals surface area contributed by atoms with E-state index in [1.807, 2.05) is 19.1 Å². The lowest BCUT2D eigenvalue weighted by Crippen LogP contribution is -2.23. The smallest absolute Gasteiger partial charge is 0.138 e. The van der Waals surface area contributed by atoms with Crippen molar-refractivity contribution in [1.29, 1.82) is 0 Å². The number of hydrogen-bond acceptors (Lipinski definition) is 4. The standard InChI is InChI=1S/C12H14ClN3O2/c1-9-2-3-11(13)12(4-9)18-6-10(17)5-16-7-14-15-8-16/h2-4,7-8,10,17H,5-6H2,1H3/t10-/m0/s1. The van der Waals surface area contributed by atoms with E-state index >= 15 is 0 Å². The van der Waals surface area contributed by atoms with Crippen LogP contribution in [0, 0.1) is 6.92 Å². The summed E-state index contributed by atoms with van der Waals surface area (Å²) in [5.74, 6) is 0.583. The molecule has 6 heteroatoms. The van der Waals surface area contributed by atoms with Crippen LogP contribution in [0.2, 0.25) is 5.02 Å². The molecule has 0 fully saturated rings. The minimum absolute atomic E-state index is 0.168. The quantitative estimate of drug-likeness (QED) is 0.895. The SMILES string of the molecule is Cc1ccc(Cl)c(OC[C@@H](O)Cn2cnnc2)c1. The van der Waals surface area contributed by atoms with E-state index in [9.17, 15) is 5.11 Å². The summed E-state index contributed by atoms with van der Waals surface area (Å²) in [5.41, 5.74) is 1.06. The zero-order valence-corrected chi connectivity index (χ0v) is 10.7. The Morgan fingerprint density at radius 3 is 2.83 bits per heavy atom. The predicted octanol–water partition coefficient (Wildman–Crippen LogP) is 1.68. The lowest BCUT2D eigenvalue weighted by Gasteiger charge is -2.13. The largest absolute Gasteiger partial charge is 0.489 e. The van der Waals surface area contributed by atoms with Crippen LogP contribution in [0.3, 0.4) is 0 Å². The fourth-order valence-electron chi connectivity index (χ4n) is 1.52. The van der Waals surface area contributed by atoms with Gasteiger partial charge in [-0.3, -0.25) is 0 Å². The maximum absolute atomic E-state index is 9.80. The molecule has 1 aromatic carbocycles. The van der Waals surface area contributed by atoms with Gasteiger partial charge in [-0.25, -0.2) is 0 Å². The molecule has 96 valence electrons. The van der Waals surface area contributed by atoms with Crippen molar-refractivity contribution in [3.63, 3.8) is 0 Å². The van der Waals surface area contributed by atoms with Crippen molar-refractivity contribution in [1.82, 2.24) is 14.8 Å². The molecule has 1 aromatic heterocycles. The first kappa shape index (κ1) is 12.9. The Hall–Kier alpha value is -1.59. The van der Waals surface area contributed by atoms with Gasteiger partial charge < -0.3 is 14.4 Å². The van der Waals surface area contributed by atoms with Gasteiger partial charge in [0.2, 0.25) is 0 Å². The molecule has 0 unspecified atom stereocenters. The molecule has 0 aliphatic heterocycles. The lowest BCUT2D eigenvalue weighted by molar-refractivity contribution is 0.0924. The van der Waals surface area contributed by atoms with Gasteiger partial charge in [-0.2, -0.15) is 0 Å². The molecule has 1 atom stereocenters. The van der Waals surface area contributed by atoms with Crippen molar-refractivity contribution in [3.8, 4) is 5.75 Å². The Balaban J connectivity index is 1.89. The van der Waals surface area contributed by atoms with Crippen LogP contribution < -0.4 is 4.74 Å². The summed E-state index contributed by atoms with van der Waals surface area (Å²) in [5, 5.41) is 17.7. The zero-order valence-electron chi connectivity index (χ0n) is 9.95. The van der Waals surface area contributed by atoms with Gasteiger partial charge in [0.15, 0.2) is 0 Å². The predicted molar refractivity (Wildman–Crippen MR) is 67.7 cm³/mol.